The van der Waals surface area contributed by atoms with Crippen molar-refractivity contribution in [3.05, 3.63) is 77.9 Å². The Bertz CT molecular complexity index is 1110. The third kappa shape index (κ3) is 8.17. The Kier molecular flexibility index (Phi) is 10.2. The van der Waals surface area contributed by atoms with Crippen LogP contribution in [0.4, 0.5) is 0 Å². The first-order valence-corrected chi connectivity index (χ1v) is 12.9. The van der Waals surface area contributed by atoms with Gasteiger partial charge < -0.3 is 14.2 Å². The molecule has 1 aliphatic rings. The van der Waals surface area contributed by atoms with Crippen LogP contribution in [0.25, 0.3) is 6.08 Å². The van der Waals surface area contributed by atoms with E-state index in [2.05, 4.69) is 27.4 Å². The summed E-state index contributed by atoms with van der Waals surface area (Å²) in [5, 5.41) is 0. The number of Topliss-reactive ketones (excluding diaryl/α,β-unsaturated/α-hetero) is 1. The highest BCUT2D eigenvalue weighted by Crippen LogP contribution is 2.35. The van der Waals surface area contributed by atoms with Crippen LogP contribution in [0.5, 0.6) is 11.5 Å². The van der Waals surface area contributed by atoms with Gasteiger partial charge in [-0.2, -0.15) is 0 Å². The molecule has 2 aromatic carbocycles. The van der Waals surface area contributed by atoms with Crippen LogP contribution < -0.4 is 9.47 Å². The second kappa shape index (κ2) is 13.6. The van der Waals surface area contributed by atoms with Crippen LogP contribution in [-0.4, -0.2) is 30.9 Å². The number of carbonyl (C=O) groups excluding carboxylic acids is 3. The molecule has 1 aliphatic carbocycles. The lowest BCUT2D eigenvalue weighted by molar-refractivity contribution is -0.137. The normalized spacial score (nSPS) is 18.5. The minimum absolute atomic E-state index is 0.0911. The molecular formula is C31H36O6. The molecule has 3 rings (SSSR count). The van der Waals surface area contributed by atoms with E-state index >= 15 is 0 Å². The lowest BCUT2D eigenvalue weighted by Gasteiger charge is -2.30. The lowest BCUT2D eigenvalue weighted by Crippen LogP contribution is -2.30. The van der Waals surface area contributed by atoms with Gasteiger partial charge in [0.2, 0.25) is 0 Å². The van der Waals surface area contributed by atoms with Crippen molar-refractivity contribution < 1.29 is 28.6 Å². The average molecular weight is 505 g/mol. The summed E-state index contributed by atoms with van der Waals surface area (Å²) >= 11 is 0. The average Bonchev–Trinajstić information content (AvgIpc) is 2.89. The predicted molar refractivity (Wildman–Crippen MR) is 143 cm³/mol. The van der Waals surface area contributed by atoms with Crippen molar-refractivity contribution in [3.8, 4) is 11.5 Å². The van der Waals surface area contributed by atoms with Crippen molar-refractivity contribution in [2.24, 2.45) is 17.8 Å². The van der Waals surface area contributed by atoms with E-state index in [1.54, 1.807) is 36.4 Å². The number of allylic oxidation sites excluding steroid dienone is 1. The summed E-state index contributed by atoms with van der Waals surface area (Å²) in [7, 11) is 0. The van der Waals surface area contributed by atoms with E-state index in [1.807, 2.05) is 18.2 Å². The first kappa shape index (κ1) is 27.9. The van der Waals surface area contributed by atoms with E-state index in [-0.39, 0.29) is 17.6 Å². The minimum Gasteiger partial charge on any atom is -0.494 e. The molecular weight excluding hydrogens is 468 g/mol. The summed E-state index contributed by atoms with van der Waals surface area (Å²) < 4.78 is 16.1. The van der Waals surface area contributed by atoms with Crippen molar-refractivity contribution >= 4 is 23.8 Å². The molecule has 0 radical (unpaired) electrons. The fourth-order valence-corrected chi connectivity index (χ4v) is 4.31. The van der Waals surface area contributed by atoms with Crippen LogP contribution in [0.15, 0.2) is 66.8 Å². The van der Waals surface area contributed by atoms with Crippen molar-refractivity contribution in [1.29, 1.82) is 0 Å². The summed E-state index contributed by atoms with van der Waals surface area (Å²) in [5.41, 5.74) is 2.21. The molecule has 0 N–H and O–H groups in total. The van der Waals surface area contributed by atoms with Crippen molar-refractivity contribution in [3.63, 3.8) is 0 Å². The second-order valence-electron chi connectivity index (χ2n) is 9.70. The topological polar surface area (TPSA) is 78.9 Å². The number of esters is 2. The number of unbranched alkanes of at least 4 members (excludes halogenated alkanes) is 1. The molecule has 0 spiro atoms. The van der Waals surface area contributed by atoms with E-state index in [1.165, 1.54) is 0 Å². The molecule has 6 nitrogen and oxygen atoms in total. The SMILES string of the molecule is C=CC(=O)OCCCCOc1ccc(C(=O)Oc2ccc(/C=C3/C(=O)C(C(C)C)CCC3C)cc2)cc1. The highest BCUT2D eigenvalue weighted by atomic mass is 16.5. The highest BCUT2D eigenvalue weighted by molar-refractivity contribution is 6.02. The van der Waals surface area contributed by atoms with E-state index < -0.39 is 11.9 Å². The zero-order valence-corrected chi connectivity index (χ0v) is 21.9. The number of carbonyl (C=O) groups is 3. The summed E-state index contributed by atoms with van der Waals surface area (Å²) in [6.07, 6.45) is 6.50. The molecule has 0 amide bonds. The van der Waals surface area contributed by atoms with Crippen LogP contribution in [0.3, 0.4) is 0 Å². The molecule has 0 heterocycles. The number of rotatable bonds is 11. The zero-order chi connectivity index (χ0) is 26.8. The molecule has 6 heteroatoms. The molecule has 0 saturated heterocycles. The summed E-state index contributed by atoms with van der Waals surface area (Å²) in [6, 6.07) is 14.0. The van der Waals surface area contributed by atoms with E-state index in [9.17, 15) is 14.4 Å². The van der Waals surface area contributed by atoms with Crippen LogP contribution in [-0.2, 0) is 14.3 Å². The molecule has 2 unspecified atom stereocenters. The zero-order valence-electron chi connectivity index (χ0n) is 21.9. The maximum absolute atomic E-state index is 12.9. The number of ether oxygens (including phenoxy) is 3. The molecule has 196 valence electrons. The van der Waals surface area contributed by atoms with Gasteiger partial charge in [-0.1, -0.05) is 39.5 Å². The summed E-state index contributed by atoms with van der Waals surface area (Å²) in [5.74, 6) is 1.12. The minimum atomic E-state index is -0.461. The van der Waals surface area contributed by atoms with Gasteiger partial charge in [0.15, 0.2) is 5.78 Å². The molecule has 2 atom stereocenters. The molecule has 2 aromatic rings. The third-order valence-electron chi connectivity index (χ3n) is 6.59. The Morgan fingerprint density at radius 2 is 1.62 bits per heavy atom. The fourth-order valence-electron chi connectivity index (χ4n) is 4.31. The van der Waals surface area contributed by atoms with Gasteiger partial charge in [0.05, 0.1) is 18.8 Å². The van der Waals surface area contributed by atoms with E-state index in [0.29, 0.717) is 42.6 Å². The van der Waals surface area contributed by atoms with Crippen LogP contribution in [0.1, 0.15) is 62.4 Å². The molecule has 0 aliphatic heterocycles. The summed E-state index contributed by atoms with van der Waals surface area (Å²) in [6.45, 7) is 10.5. The van der Waals surface area contributed by atoms with Gasteiger partial charge in [0.25, 0.3) is 0 Å². The maximum Gasteiger partial charge on any atom is 0.343 e. The van der Waals surface area contributed by atoms with Gasteiger partial charge in [-0.05, 0) is 91.1 Å². The Labute approximate surface area is 219 Å². The van der Waals surface area contributed by atoms with Gasteiger partial charge in [0.1, 0.15) is 11.5 Å². The Morgan fingerprint density at radius 3 is 2.27 bits per heavy atom. The van der Waals surface area contributed by atoms with Gasteiger partial charge in [-0.25, -0.2) is 9.59 Å². The largest absolute Gasteiger partial charge is 0.494 e. The Balaban J connectivity index is 1.50. The van der Waals surface area contributed by atoms with Gasteiger partial charge in [0, 0.05) is 12.0 Å². The smallest absolute Gasteiger partial charge is 0.343 e. The number of hydrogen-bond acceptors (Lipinski definition) is 6. The predicted octanol–water partition coefficient (Wildman–Crippen LogP) is 6.45. The third-order valence-corrected chi connectivity index (χ3v) is 6.59. The van der Waals surface area contributed by atoms with E-state index in [0.717, 1.165) is 36.5 Å². The second-order valence-corrected chi connectivity index (χ2v) is 9.70. The van der Waals surface area contributed by atoms with Crippen LogP contribution in [0, 0.1) is 17.8 Å². The quantitative estimate of drug-likeness (QED) is 0.151. The lowest BCUT2D eigenvalue weighted by atomic mass is 9.73. The maximum atomic E-state index is 12.9. The molecule has 0 bridgehead atoms. The number of benzene rings is 2. The van der Waals surface area contributed by atoms with Crippen molar-refractivity contribution in [2.75, 3.05) is 13.2 Å². The van der Waals surface area contributed by atoms with Crippen molar-refractivity contribution in [1.82, 2.24) is 0 Å². The van der Waals surface area contributed by atoms with Gasteiger partial charge in [-0.15, -0.1) is 0 Å². The first-order chi connectivity index (χ1) is 17.8. The summed E-state index contributed by atoms with van der Waals surface area (Å²) in [4.78, 5) is 36.5. The van der Waals surface area contributed by atoms with Crippen LogP contribution >= 0.6 is 0 Å². The van der Waals surface area contributed by atoms with Crippen LogP contribution in [0.2, 0.25) is 0 Å². The van der Waals surface area contributed by atoms with Gasteiger partial charge in [-0.3, -0.25) is 4.79 Å². The molecule has 1 fully saturated rings. The van der Waals surface area contributed by atoms with Crippen molar-refractivity contribution in [2.45, 2.75) is 46.5 Å². The standard InChI is InChI=1S/C31H36O6/c1-5-29(32)36-19-7-6-18-35-25-15-11-24(12-16-25)31(34)37-26-13-9-23(10-14-26)20-28-22(4)8-17-27(21(2)3)30(28)33/h5,9-16,20-22,27H,1,6-8,17-19H2,2-4H3/b28-20+. The van der Waals surface area contributed by atoms with Gasteiger partial charge >= 0.3 is 11.9 Å². The van der Waals surface area contributed by atoms with E-state index in [4.69, 9.17) is 14.2 Å². The highest BCUT2D eigenvalue weighted by Gasteiger charge is 2.32. The Hall–Kier alpha value is -3.67. The fraction of sp³-hybridized carbons (Fsp3) is 0.387. The first-order valence-electron chi connectivity index (χ1n) is 12.9. The number of ketones is 1. The molecule has 0 aromatic heterocycles. The molecule has 1 saturated carbocycles. The molecule has 37 heavy (non-hydrogen) atoms. The number of hydrogen-bond donors (Lipinski definition) is 0. The Morgan fingerprint density at radius 1 is 0.973 bits per heavy atom. The monoisotopic (exact) mass is 504 g/mol.